The van der Waals surface area contributed by atoms with E-state index in [2.05, 4.69) is 0 Å². The average Bonchev–Trinajstić information content (AvgIpc) is 2.73. The number of benzene rings is 2. The van der Waals surface area contributed by atoms with Crippen LogP contribution in [0.15, 0.2) is 48.5 Å². The Kier molecular flexibility index (Phi) is 8.30. The van der Waals surface area contributed by atoms with Gasteiger partial charge in [0.2, 0.25) is 5.91 Å². The summed E-state index contributed by atoms with van der Waals surface area (Å²) in [5.74, 6) is 0.0906. The largest absolute Gasteiger partial charge is 0.508 e. The molecule has 0 aliphatic carbocycles. The summed E-state index contributed by atoms with van der Waals surface area (Å²) in [6.45, 7) is 1.10. The van der Waals surface area contributed by atoms with Gasteiger partial charge in [0, 0.05) is 18.7 Å². The quantitative estimate of drug-likeness (QED) is 0.653. The number of aromatic hydroxyl groups is 1. The maximum Gasteiger partial charge on any atom is 0.416 e. The first kappa shape index (κ1) is 24.0. The molecule has 2 aromatic carbocycles. The Morgan fingerprint density at radius 3 is 2.00 bits per heavy atom. The zero-order chi connectivity index (χ0) is 23.0. The number of carbonyl (C=O) groups is 2. The van der Waals surface area contributed by atoms with E-state index in [0.717, 1.165) is 43.4 Å². The molecule has 1 saturated heterocycles. The molecule has 9 heteroatoms. The van der Waals surface area contributed by atoms with Crippen molar-refractivity contribution in [3.63, 3.8) is 0 Å². The lowest BCUT2D eigenvalue weighted by Crippen LogP contribution is -2.37. The van der Waals surface area contributed by atoms with Crippen molar-refractivity contribution in [3.05, 3.63) is 65.2 Å². The fourth-order valence-electron chi connectivity index (χ4n) is 3.27. The van der Waals surface area contributed by atoms with E-state index in [0.29, 0.717) is 24.6 Å². The number of likely N-dealkylation sites (tertiary alicyclic amines) is 1. The summed E-state index contributed by atoms with van der Waals surface area (Å²) in [5.41, 5.74) is 5.61. The Morgan fingerprint density at radius 2 is 1.55 bits per heavy atom. The van der Waals surface area contributed by atoms with Crippen molar-refractivity contribution in [2.45, 2.75) is 31.9 Å². The van der Waals surface area contributed by atoms with E-state index in [1.165, 1.54) is 41.3 Å². The van der Waals surface area contributed by atoms with Crippen molar-refractivity contribution < 1.29 is 33.0 Å². The molecule has 2 amide bonds. The number of piperidine rings is 1. The number of aryl methyl sites for hydroxylation is 1. The first-order chi connectivity index (χ1) is 14.6. The highest BCUT2D eigenvalue weighted by molar-refractivity contribution is 5.92. The molecule has 0 atom stereocenters. The first-order valence-corrected chi connectivity index (χ1v) is 9.79. The molecule has 0 spiro atoms. The van der Waals surface area contributed by atoms with E-state index in [4.69, 9.17) is 15.9 Å². The summed E-state index contributed by atoms with van der Waals surface area (Å²) < 4.78 is 37.3. The SMILES string of the molecule is NC(=O)c1ccc(O)cc1.O=C(O)N1CCC(CCc2ccc(C(F)(F)F)cc2)CC1. The minimum Gasteiger partial charge on any atom is -0.508 e. The van der Waals surface area contributed by atoms with Gasteiger partial charge in [-0.2, -0.15) is 13.2 Å². The normalized spacial score (nSPS) is 14.5. The highest BCUT2D eigenvalue weighted by atomic mass is 19.4. The summed E-state index contributed by atoms with van der Waals surface area (Å²) in [6, 6.07) is 11.0. The van der Waals surface area contributed by atoms with Crippen LogP contribution in [-0.4, -0.2) is 40.2 Å². The zero-order valence-corrected chi connectivity index (χ0v) is 16.8. The van der Waals surface area contributed by atoms with E-state index in [1.807, 2.05) is 0 Å². The Labute approximate surface area is 178 Å². The molecule has 2 aromatic rings. The van der Waals surface area contributed by atoms with Crippen LogP contribution in [0, 0.1) is 5.92 Å². The van der Waals surface area contributed by atoms with Gasteiger partial charge in [0.15, 0.2) is 0 Å². The summed E-state index contributed by atoms with van der Waals surface area (Å²) in [7, 11) is 0. The standard InChI is InChI=1S/C15H18F3NO2.C7H7NO2/c16-15(17,18)13-5-3-11(4-6-13)1-2-12-7-9-19(10-8-12)14(20)21;8-7(10)5-1-3-6(9)4-2-5/h3-6,12H,1-2,7-10H2,(H,20,21);1-4,9H,(H2,8,10). The molecule has 31 heavy (non-hydrogen) atoms. The smallest absolute Gasteiger partial charge is 0.416 e. The molecule has 1 heterocycles. The molecule has 1 fully saturated rings. The van der Waals surface area contributed by atoms with E-state index >= 15 is 0 Å². The zero-order valence-electron chi connectivity index (χ0n) is 16.8. The number of phenolic OH excluding ortho intramolecular Hbond substituents is 1. The van der Waals surface area contributed by atoms with Gasteiger partial charge in [-0.05, 0) is 73.6 Å². The number of hydrogen-bond donors (Lipinski definition) is 3. The minimum atomic E-state index is -4.29. The second-order valence-corrected chi connectivity index (χ2v) is 7.36. The summed E-state index contributed by atoms with van der Waals surface area (Å²) in [6.07, 6.45) is -1.90. The molecule has 1 aliphatic rings. The Morgan fingerprint density at radius 1 is 1.00 bits per heavy atom. The van der Waals surface area contributed by atoms with Crippen molar-refractivity contribution in [2.75, 3.05) is 13.1 Å². The van der Waals surface area contributed by atoms with Gasteiger partial charge in [-0.1, -0.05) is 12.1 Å². The lowest BCUT2D eigenvalue weighted by molar-refractivity contribution is -0.137. The fraction of sp³-hybridized carbons (Fsp3) is 0.364. The van der Waals surface area contributed by atoms with Crippen molar-refractivity contribution in [2.24, 2.45) is 11.7 Å². The van der Waals surface area contributed by atoms with Gasteiger partial charge in [0.25, 0.3) is 0 Å². The minimum absolute atomic E-state index is 0.130. The molecule has 0 saturated carbocycles. The molecule has 6 nitrogen and oxygen atoms in total. The Bertz CT molecular complexity index is 860. The van der Waals surface area contributed by atoms with Gasteiger partial charge in [-0.15, -0.1) is 0 Å². The predicted molar refractivity (Wildman–Crippen MR) is 109 cm³/mol. The van der Waals surface area contributed by atoms with Crippen LogP contribution in [0.25, 0.3) is 0 Å². The van der Waals surface area contributed by atoms with Crippen LogP contribution < -0.4 is 5.73 Å². The van der Waals surface area contributed by atoms with Gasteiger partial charge < -0.3 is 20.8 Å². The van der Waals surface area contributed by atoms with Gasteiger partial charge in [-0.3, -0.25) is 4.79 Å². The monoisotopic (exact) mass is 438 g/mol. The van der Waals surface area contributed by atoms with Crippen LogP contribution in [0.5, 0.6) is 5.75 Å². The molecule has 4 N–H and O–H groups in total. The highest BCUT2D eigenvalue weighted by Gasteiger charge is 2.30. The highest BCUT2D eigenvalue weighted by Crippen LogP contribution is 2.29. The number of primary amides is 1. The summed E-state index contributed by atoms with van der Waals surface area (Å²) in [4.78, 5) is 22.7. The van der Waals surface area contributed by atoms with E-state index < -0.39 is 23.7 Å². The molecule has 0 aromatic heterocycles. The molecule has 168 valence electrons. The summed E-state index contributed by atoms with van der Waals surface area (Å²) >= 11 is 0. The number of hydrogen-bond acceptors (Lipinski definition) is 3. The number of amides is 2. The van der Waals surface area contributed by atoms with Crippen molar-refractivity contribution in [3.8, 4) is 5.75 Å². The van der Waals surface area contributed by atoms with Crippen molar-refractivity contribution >= 4 is 12.0 Å². The molecule has 0 unspecified atom stereocenters. The number of halogens is 3. The lowest BCUT2D eigenvalue weighted by Gasteiger charge is -2.29. The van der Waals surface area contributed by atoms with Gasteiger partial charge in [-0.25, -0.2) is 4.79 Å². The number of phenols is 1. The molecule has 0 radical (unpaired) electrons. The number of carboxylic acid groups (broad SMARTS) is 1. The third-order valence-electron chi connectivity index (χ3n) is 5.16. The van der Waals surface area contributed by atoms with Crippen LogP contribution in [0.1, 0.15) is 40.7 Å². The second-order valence-electron chi connectivity index (χ2n) is 7.36. The molecular formula is C22H25F3N2O4. The number of nitrogens with zero attached hydrogens (tertiary/aromatic N) is 1. The van der Waals surface area contributed by atoms with E-state index in [-0.39, 0.29) is 5.75 Å². The number of nitrogens with two attached hydrogens (primary N) is 1. The van der Waals surface area contributed by atoms with Gasteiger partial charge >= 0.3 is 12.3 Å². The van der Waals surface area contributed by atoms with Crippen LogP contribution in [0.4, 0.5) is 18.0 Å². The van der Waals surface area contributed by atoms with Crippen LogP contribution >= 0.6 is 0 Å². The van der Waals surface area contributed by atoms with Crippen LogP contribution in [0.2, 0.25) is 0 Å². The summed E-state index contributed by atoms with van der Waals surface area (Å²) in [5, 5.41) is 17.6. The molecule has 3 rings (SSSR count). The Balaban J connectivity index is 0.000000285. The molecular weight excluding hydrogens is 413 g/mol. The van der Waals surface area contributed by atoms with E-state index in [9.17, 15) is 22.8 Å². The van der Waals surface area contributed by atoms with Gasteiger partial charge in [0.05, 0.1) is 5.56 Å². The van der Waals surface area contributed by atoms with E-state index in [1.54, 1.807) is 0 Å². The van der Waals surface area contributed by atoms with Crippen LogP contribution in [0.3, 0.4) is 0 Å². The second kappa shape index (κ2) is 10.7. The Hall–Kier alpha value is -3.23. The lowest BCUT2D eigenvalue weighted by atomic mass is 9.90. The van der Waals surface area contributed by atoms with Crippen molar-refractivity contribution in [1.29, 1.82) is 0 Å². The number of rotatable bonds is 4. The fourth-order valence-corrected chi connectivity index (χ4v) is 3.27. The molecule has 0 bridgehead atoms. The van der Waals surface area contributed by atoms with Gasteiger partial charge in [0.1, 0.15) is 5.75 Å². The molecule has 1 aliphatic heterocycles. The third kappa shape index (κ3) is 7.84. The maximum absolute atomic E-state index is 12.4. The number of carbonyl (C=O) groups excluding carboxylic acids is 1. The first-order valence-electron chi connectivity index (χ1n) is 9.79. The third-order valence-corrected chi connectivity index (χ3v) is 5.16. The maximum atomic E-state index is 12.4. The number of alkyl halides is 3. The average molecular weight is 438 g/mol. The topological polar surface area (TPSA) is 104 Å². The van der Waals surface area contributed by atoms with Crippen LogP contribution in [-0.2, 0) is 12.6 Å². The van der Waals surface area contributed by atoms with Crippen molar-refractivity contribution in [1.82, 2.24) is 4.90 Å². The predicted octanol–water partition coefficient (Wildman–Crippen LogP) is 4.52.